The van der Waals surface area contributed by atoms with Crippen LogP contribution in [-0.2, 0) is 0 Å². The van der Waals surface area contributed by atoms with Crippen molar-refractivity contribution in [2.45, 2.75) is 6.10 Å². The predicted octanol–water partition coefficient (Wildman–Crippen LogP) is 0.667. The lowest BCUT2D eigenvalue weighted by molar-refractivity contribution is 0.190. The Bertz CT molecular complexity index is 380. The number of nitrogens with one attached hydrogen (secondary N) is 1. The maximum absolute atomic E-state index is 9.72. The Balaban J connectivity index is 2.33. The van der Waals surface area contributed by atoms with Crippen LogP contribution in [-0.4, -0.2) is 15.3 Å². The van der Waals surface area contributed by atoms with E-state index >= 15 is 0 Å². The van der Waals surface area contributed by atoms with Gasteiger partial charge in [0, 0.05) is 5.56 Å². The van der Waals surface area contributed by atoms with Gasteiger partial charge >= 0.3 is 0 Å². The van der Waals surface area contributed by atoms with Crippen molar-refractivity contribution in [2.24, 2.45) is 0 Å². The maximum atomic E-state index is 9.72. The monoisotopic (exact) mass is 179 g/mol. The average Bonchev–Trinajstić information content (AvgIpc) is 2.72. The van der Waals surface area contributed by atoms with E-state index in [1.165, 1.54) is 12.5 Å². The molecule has 5 heteroatoms. The fraction of sp³-hybridized carbons (Fsp3) is 0.125. The van der Waals surface area contributed by atoms with E-state index in [-0.39, 0.29) is 0 Å². The first-order chi connectivity index (χ1) is 6.29. The van der Waals surface area contributed by atoms with E-state index in [4.69, 9.17) is 10.2 Å². The Labute approximate surface area is 74.2 Å². The lowest BCUT2D eigenvalue weighted by Crippen LogP contribution is -2.00. The van der Waals surface area contributed by atoms with Gasteiger partial charge in [-0.3, -0.25) is 5.10 Å². The normalized spacial score (nSPS) is 13.0. The number of nitrogens with two attached hydrogens (primary N) is 1. The summed E-state index contributed by atoms with van der Waals surface area (Å²) in [4.78, 5) is 0. The van der Waals surface area contributed by atoms with Crippen LogP contribution in [0.5, 0.6) is 0 Å². The number of hydrogen-bond donors (Lipinski definition) is 3. The van der Waals surface area contributed by atoms with Crippen molar-refractivity contribution in [1.82, 2.24) is 10.2 Å². The molecule has 68 valence electrons. The van der Waals surface area contributed by atoms with Crippen LogP contribution in [0, 0.1) is 0 Å². The number of aromatic nitrogens is 2. The topological polar surface area (TPSA) is 88.1 Å². The molecule has 0 aliphatic heterocycles. The minimum absolute atomic E-state index is 0.351. The number of nitrogens with zero attached hydrogens (tertiary/aromatic N) is 1. The molecule has 0 saturated heterocycles. The highest BCUT2D eigenvalue weighted by Crippen LogP contribution is 2.24. The van der Waals surface area contributed by atoms with Gasteiger partial charge in [0.25, 0.3) is 0 Å². The molecule has 0 aromatic carbocycles. The first kappa shape index (κ1) is 7.88. The molecule has 2 heterocycles. The Morgan fingerprint density at radius 2 is 2.46 bits per heavy atom. The van der Waals surface area contributed by atoms with Crippen molar-refractivity contribution >= 4 is 5.82 Å². The summed E-state index contributed by atoms with van der Waals surface area (Å²) < 4.78 is 5.03. The molecule has 2 aromatic rings. The van der Waals surface area contributed by atoms with Crippen LogP contribution in [0.2, 0.25) is 0 Å². The molecule has 0 bridgehead atoms. The zero-order valence-electron chi connectivity index (χ0n) is 6.77. The molecule has 1 atom stereocenters. The highest BCUT2D eigenvalue weighted by atomic mass is 16.4. The molecule has 13 heavy (non-hydrogen) atoms. The zero-order chi connectivity index (χ0) is 9.26. The summed E-state index contributed by atoms with van der Waals surface area (Å²) in [6, 6.07) is 3.38. The van der Waals surface area contributed by atoms with Gasteiger partial charge < -0.3 is 15.3 Å². The van der Waals surface area contributed by atoms with Crippen LogP contribution in [0.1, 0.15) is 17.4 Å². The van der Waals surface area contributed by atoms with Crippen molar-refractivity contribution in [2.75, 3.05) is 5.73 Å². The number of furan rings is 1. The van der Waals surface area contributed by atoms with E-state index in [1.807, 2.05) is 0 Å². The SMILES string of the molecule is Nc1[nH]ncc1C(O)c1ccco1. The van der Waals surface area contributed by atoms with E-state index in [0.717, 1.165) is 0 Å². The molecule has 0 amide bonds. The molecule has 0 spiro atoms. The largest absolute Gasteiger partial charge is 0.466 e. The van der Waals surface area contributed by atoms with E-state index in [9.17, 15) is 5.11 Å². The summed E-state index contributed by atoms with van der Waals surface area (Å²) in [6.45, 7) is 0. The van der Waals surface area contributed by atoms with Gasteiger partial charge in [0.2, 0.25) is 0 Å². The molecule has 2 rings (SSSR count). The molecule has 0 radical (unpaired) electrons. The molecule has 0 aliphatic rings. The second-order valence-electron chi connectivity index (χ2n) is 2.66. The van der Waals surface area contributed by atoms with Crippen molar-refractivity contribution < 1.29 is 9.52 Å². The zero-order valence-corrected chi connectivity index (χ0v) is 6.77. The molecule has 0 aliphatic carbocycles. The number of nitrogen functional groups attached to an aromatic ring is 1. The molecule has 4 N–H and O–H groups in total. The third-order valence-corrected chi connectivity index (χ3v) is 1.81. The lowest BCUT2D eigenvalue weighted by atomic mass is 10.1. The maximum Gasteiger partial charge on any atom is 0.142 e. The van der Waals surface area contributed by atoms with E-state index in [2.05, 4.69) is 10.2 Å². The second kappa shape index (κ2) is 2.95. The van der Waals surface area contributed by atoms with Gasteiger partial charge in [-0.05, 0) is 12.1 Å². The van der Waals surface area contributed by atoms with Gasteiger partial charge in [-0.2, -0.15) is 5.10 Å². The Hall–Kier alpha value is -1.75. The summed E-state index contributed by atoms with van der Waals surface area (Å²) in [7, 11) is 0. The van der Waals surface area contributed by atoms with Crippen LogP contribution < -0.4 is 5.73 Å². The lowest BCUT2D eigenvalue weighted by Gasteiger charge is -2.04. The molecule has 0 fully saturated rings. The number of aliphatic hydroxyl groups excluding tert-OH is 1. The van der Waals surface area contributed by atoms with Gasteiger partial charge in [0.1, 0.15) is 17.7 Å². The van der Waals surface area contributed by atoms with E-state index < -0.39 is 6.10 Å². The molecule has 5 nitrogen and oxygen atoms in total. The summed E-state index contributed by atoms with van der Waals surface area (Å²) in [5.74, 6) is 0.803. The Morgan fingerprint density at radius 3 is 3.00 bits per heavy atom. The van der Waals surface area contributed by atoms with Crippen LogP contribution >= 0.6 is 0 Å². The smallest absolute Gasteiger partial charge is 0.142 e. The molecular formula is C8H9N3O2. The summed E-state index contributed by atoms with van der Waals surface area (Å²) in [6.07, 6.45) is 2.12. The van der Waals surface area contributed by atoms with Gasteiger partial charge in [-0.25, -0.2) is 0 Å². The number of aliphatic hydroxyl groups is 1. The van der Waals surface area contributed by atoms with Crippen LogP contribution in [0.15, 0.2) is 29.0 Å². The Morgan fingerprint density at radius 1 is 1.62 bits per heavy atom. The van der Waals surface area contributed by atoms with Crippen molar-refractivity contribution in [1.29, 1.82) is 0 Å². The summed E-state index contributed by atoms with van der Waals surface area (Å²) in [5.41, 5.74) is 6.05. The van der Waals surface area contributed by atoms with Crippen LogP contribution in [0.3, 0.4) is 0 Å². The second-order valence-corrected chi connectivity index (χ2v) is 2.66. The van der Waals surface area contributed by atoms with Crippen molar-refractivity contribution in [3.8, 4) is 0 Å². The summed E-state index contributed by atoms with van der Waals surface area (Å²) in [5, 5.41) is 16.0. The standard InChI is InChI=1S/C8H9N3O2/c9-8-5(4-10-11-8)7(12)6-2-1-3-13-6/h1-4,7,12H,(H3,9,10,11). The molecule has 0 saturated carbocycles. The van der Waals surface area contributed by atoms with Crippen molar-refractivity contribution in [3.05, 3.63) is 35.9 Å². The van der Waals surface area contributed by atoms with Crippen LogP contribution in [0.25, 0.3) is 0 Å². The number of aromatic amines is 1. The van der Waals surface area contributed by atoms with Gasteiger partial charge in [0.15, 0.2) is 0 Å². The van der Waals surface area contributed by atoms with Crippen LogP contribution in [0.4, 0.5) is 5.82 Å². The van der Waals surface area contributed by atoms with Gasteiger partial charge in [-0.1, -0.05) is 0 Å². The Kier molecular flexibility index (Phi) is 1.79. The number of rotatable bonds is 2. The predicted molar refractivity (Wildman–Crippen MR) is 45.8 cm³/mol. The molecular weight excluding hydrogens is 170 g/mol. The minimum atomic E-state index is -0.853. The first-order valence-corrected chi connectivity index (χ1v) is 3.79. The van der Waals surface area contributed by atoms with E-state index in [0.29, 0.717) is 17.1 Å². The quantitative estimate of drug-likeness (QED) is 0.632. The average molecular weight is 179 g/mol. The molecule has 2 aromatic heterocycles. The molecule has 1 unspecified atom stereocenters. The third kappa shape index (κ3) is 1.29. The fourth-order valence-electron chi connectivity index (χ4n) is 1.12. The first-order valence-electron chi connectivity index (χ1n) is 3.79. The minimum Gasteiger partial charge on any atom is -0.466 e. The highest BCUT2D eigenvalue weighted by molar-refractivity contribution is 5.41. The number of H-pyrrole nitrogens is 1. The fourth-order valence-corrected chi connectivity index (χ4v) is 1.12. The number of hydrogen-bond acceptors (Lipinski definition) is 4. The van der Waals surface area contributed by atoms with Crippen molar-refractivity contribution in [3.63, 3.8) is 0 Å². The van der Waals surface area contributed by atoms with E-state index in [1.54, 1.807) is 12.1 Å². The number of anilines is 1. The van der Waals surface area contributed by atoms with Gasteiger partial charge in [-0.15, -0.1) is 0 Å². The third-order valence-electron chi connectivity index (χ3n) is 1.81. The highest BCUT2D eigenvalue weighted by Gasteiger charge is 2.16. The summed E-state index contributed by atoms with van der Waals surface area (Å²) >= 11 is 0. The van der Waals surface area contributed by atoms with Gasteiger partial charge in [0.05, 0.1) is 12.5 Å².